The van der Waals surface area contributed by atoms with Gasteiger partial charge in [-0.05, 0) is 26.7 Å². The number of aromatic nitrogens is 1. The molecule has 1 aliphatic rings. The van der Waals surface area contributed by atoms with Crippen LogP contribution in [-0.4, -0.2) is 59.9 Å². The van der Waals surface area contributed by atoms with Gasteiger partial charge in [-0.1, -0.05) is 0 Å². The number of amides is 1. The van der Waals surface area contributed by atoms with Crippen molar-refractivity contribution in [2.75, 3.05) is 33.2 Å². The topological polar surface area (TPSA) is 60.8 Å². The molecule has 0 aliphatic carbocycles. The van der Waals surface area contributed by atoms with Gasteiger partial charge in [0.1, 0.15) is 0 Å². The summed E-state index contributed by atoms with van der Waals surface area (Å²) in [5.41, 5.74) is 1.07. The van der Waals surface area contributed by atoms with E-state index in [0.29, 0.717) is 6.42 Å². The Labute approximate surface area is 165 Å². The third kappa shape index (κ3) is 6.54. The Balaban J connectivity index is 0.00000288. The molecule has 0 bridgehead atoms. The first kappa shape index (κ1) is 21.1. The lowest BCUT2D eigenvalue weighted by molar-refractivity contribution is -0.127. The molecule has 1 aromatic rings. The van der Waals surface area contributed by atoms with Gasteiger partial charge in [0.2, 0.25) is 5.91 Å². The minimum absolute atomic E-state index is 0. The fourth-order valence-corrected chi connectivity index (χ4v) is 3.26. The van der Waals surface area contributed by atoms with Gasteiger partial charge in [0.05, 0.1) is 17.2 Å². The molecule has 1 aromatic heterocycles. The van der Waals surface area contributed by atoms with E-state index < -0.39 is 0 Å². The molecule has 8 heteroatoms. The van der Waals surface area contributed by atoms with Crippen molar-refractivity contribution in [1.82, 2.24) is 20.1 Å². The van der Waals surface area contributed by atoms with E-state index in [1.165, 1.54) is 0 Å². The molecule has 0 radical (unpaired) electrons. The molecule has 136 valence electrons. The molecule has 0 spiro atoms. The minimum Gasteiger partial charge on any atom is -0.357 e. The van der Waals surface area contributed by atoms with Crippen LogP contribution in [-0.2, 0) is 11.3 Å². The standard InChI is InChI=1S/C16H27N5OS.HI/c1-4-17-16(20(3)11-14-12-23-13(2)19-14)18-8-6-10-21-9-5-7-15(21)22;/h12H,4-11H2,1-3H3,(H,17,18);1H. The second-order valence-corrected chi connectivity index (χ2v) is 6.85. The Morgan fingerprint density at radius 3 is 2.92 bits per heavy atom. The van der Waals surface area contributed by atoms with Crippen molar-refractivity contribution in [3.8, 4) is 0 Å². The number of halogens is 1. The quantitative estimate of drug-likeness (QED) is 0.291. The van der Waals surface area contributed by atoms with Gasteiger partial charge in [-0.25, -0.2) is 4.98 Å². The first-order valence-electron chi connectivity index (χ1n) is 8.28. The fraction of sp³-hybridized carbons (Fsp3) is 0.688. The predicted octanol–water partition coefficient (Wildman–Crippen LogP) is 2.48. The van der Waals surface area contributed by atoms with Crippen LogP contribution in [0.3, 0.4) is 0 Å². The molecule has 0 saturated carbocycles. The summed E-state index contributed by atoms with van der Waals surface area (Å²) in [5.74, 6) is 1.18. The number of thiazole rings is 1. The lowest BCUT2D eigenvalue weighted by Gasteiger charge is -2.21. The number of likely N-dealkylation sites (tertiary alicyclic amines) is 1. The van der Waals surface area contributed by atoms with Crippen LogP contribution in [0.1, 0.15) is 36.9 Å². The zero-order chi connectivity index (χ0) is 16.7. The molecule has 1 N–H and O–H groups in total. The number of hydrogen-bond donors (Lipinski definition) is 1. The van der Waals surface area contributed by atoms with Gasteiger partial charge >= 0.3 is 0 Å². The normalized spacial score (nSPS) is 14.7. The van der Waals surface area contributed by atoms with E-state index in [-0.39, 0.29) is 29.9 Å². The van der Waals surface area contributed by atoms with Gasteiger partial charge in [-0.15, -0.1) is 35.3 Å². The molecule has 0 aromatic carbocycles. The number of rotatable bonds is 7. The van der Waals surface area contributed by atoms with Gasteiger partial charge in [-0.2, -0.15) is 0 Å². The van der Waals surface area contributed by atoms with Crippen LogP contribution in [0.4, 0.5) is 0 Å². The van der Waals surface area contributed by atoms with Crippen molar-refractivity contribution >= 4 is 47.2 Å². The number of hydrogen-bond acceptors (Lipinski definition) is 4. The largest absolute Gasteiger partial charge is 0.357 e. The van der Waals surface area contributed by atoms with Crippen LogP contribution in [0.2, 0.25) is 0 Å². The second kappa shape index (κ2) is 10.9. The van der Waals surface area contributed by atoms with Crippen molar-refractivity contribution in [3.63, 3.8) is 0 Å². The highest BCUT2D eigenvalue weighted by molar-refractivity contribution is 14.0. The van der Waals surface area contributed by atoms with E-state index in [4.69, 9.17) is 0 Å². The Morgan fingerprint density at radius 2 is 2.33 bits per heavy atom. The third-order valence-corrected chi connectivity index (χ3v) is 4.60. The zero-order valence-electron chi connectivity index (χ0n) is 14.7. The number of nitrogens with zero attached hydrogens (tertiary/aromatic N) is 4. The van der Waals surface area contributed by atoms with E-state index in [9.17, 15) is 4.79 Å². The summed E-state index contributed by atoms with van der Waals surface area (Å²) in [7, 11) is 2.03. The predicted molar refractivity (Wildman–Crippen MR) is 110 cm³/mol. The molecular formula is C16H28IN5OS. The van der Waals surface area contributed by atoms with Crippen LogP contribution in [0.5, 0.6) is 0 Å². The maximum atomic E-state index is 11.6. The SMILES string of the molecule is CCNC(=NCCCN1CCCC1=O)N(C)Cc1csc(C)n1.I. The first-order valence-corrected chi connectivity index (χ1v) is 9.16. The Morgan fingerprint density at radius 1 is 1.54 bits per heavy atom. The lowest BCUT2D eigenvalue weighted by Crippen LogP contribution is -2.38. The number of guanidine groups is 1. The van der Waals surface area contributed by atoms with Crippen molar-refractivity contribution in [2.24, 2.45) is 4.99 Å². The van der Waals surface area contributed by atoms with Crippen LogP contribution in [0.15, 0.2) is 10.4 Å². The fourth-order valence-electron chi connectivity index (χ4n) is 2.66. The van der Waals surface area contributed by atoms with Gasteiger partial charge in [-0.3, -0.25) is 9.79 Å². The van der Waals surface area contributed by atoms with Gasteiger partial charge < -0.3 is 15.1 Å². The molecule has 0 atom stereocenters. The summed E-state index contributed by atoms with van der Waals surface area (Å²) < 4.78 is 0. The second-order valence-electron chi connectivity index (χ2n) is 5.79. The zero-order valence-corrected chi connectivity index (χ0v) is 17.9. The van der Waals surface area contributed by atoms with E-state index in [0.717, 1.165) is 62.2 Å². The average molecular weight is 465 g/mol. The summed E-state index contributed by atoms with van der Waals surface area (Å²) in [6.45, 7) is 8.13. The number of nitrogens with one attached hydrogen (secondary N) is 1. The molecule has 1 saturated heterocycles. The molecule has 1 amide bonds. The van der Waals surface area contributed by atoms with Crippen molar-refractivity contribution in [3.05, 3.63) is 16.1 Å². The summed E-state index contributed by atoms with van der Waals surface area (Å²) in [5, 5.41) is 6.50. The molecule has 2 heterocycles. The van der Waals surface area contributed by atoms with Crippen LogP contribution in [0.25, 0.3) is 0 Å². The van der Waals surface area contributed by atoms with E-state index in [2.05, 4.69) is 32.5 Å². The summed E-state index contributed by atoms with van der Waals surface area (Å²) in [4.78, 5) is 24.8. The van der Waals surface area contributed by atoms with Gasteiger partial charge in [0.15, 0.2) is 5.96 Å². The maximum absolute atomic E-state index is 11.6. The number of carbonyl (C=O) groups excluding carboxylic acids is 1. The highest BCUT2D eigenvalue weighted by Crippen LogP contribution is 2.11. The first-order chi connectivity index (χ1) is 11.1. The van der Waals surface area contributed by atoms with Gasteiger partial charge in [0, 0.05) is 45.0 Å². The number of aryl methyl sites for hydroxylation is 1. The molecule has 0 unspecified atom stereocenters. The summed E-state index contributed by atoms with van der Waals surface area (Å²) in [6, 6.07) is 0. The smallest absolute Gasteiger partial charge is 0.222 e. The van der Waals surface area contributed by atoms with Gasteiger partial charge in [0.25, 0.3) is 0 Å². The highest BCUT2D eigenvalue weighted by Gasteiger charge is 2.19. The lowest BCUT2D eigenvalue weighted by atomic mass is 10.4. The third-order valence-electron chi connectivity index (χ3n) is 3.78. The summed E-state index contributed by atoms with van der Waals surface area (Å²) >= 11 is 1.67. The van der Waals surface area contributed by atoms with Crippen LogP contribution in [0, 0.1) is 6.92 Å². The van der Waals surface area contributed by atoms with E-state index in [1.54, 1.807) is 11.3 Å². The van der Waals surface area contributed by atoms with E-state index >= 15 is 0 Å². The minimum atomic E-state index is 0. The molecule has 2 rings (SSSR count). The van der Waals surface area contributed by atoms with Crippen molar-refractivity contribution in [2.45, 2.75) is 39.7 Å². The molecule has 6 nitrogen and oxygen atoms in total. The summed E-state index contributed by atoms with van der Waals surface area (Å²) in [6.07, 6.45) is 2.62. The monoisotopic (exact) mass is 465 g/mol. The Kier molecular flexibility index (Phi) is 9.57. The number of carbonyl (C=O) groups is 1. The Hall–Kier alpha value is -0.900. The average Bonchev–Trinajstić information content (AvgIpc) is 3.11. The van der Waals surface area contributed by atoms with Crippen molar-refractivity contribution in [1.29, 1.82) is 0 Å². The highest BCUT2D eigenvalue weighted by atomic mass is 127. The van der Waals surface area contributed by atoms with Crippen LogP contribution >= 0.6 is 35.3 Å². The van der Waals surface area contributed by atoms with E-state index in [1.807, 2.05) is 18.9 Å². The molecular weight excluding hydrogens is 437 g/mol. The molecule has 1 aliphatic heterocycles. The molecule has 24 heavy (non-hydrogen) atoms. The maximum Gasteiger partial charge on any atom is 0.222 e. The number of aliphatic imine (C=N–C) groups is 1. The van der Waals surface area contributed by atoms with Crippen molar-refractivity contribution < 1.29 is 4.79 Å². The Bertz CT molecular complexity index is 548. The molecule has 1 fully saturated rings. The van der Waals surface area contributed by atoms with Crippen LogP contribution < -0.4 is 5.32 Å².